The number of amides is 2. The van der Waals surface area contributed by atoms with Crippen molar-refractivity contribution in [3.63, 3.8) is 0 Å². The van der Waals surface area contributed by atoms with Crippen LogP contribution in [0.2, 0.25) is 0 Å². The summed E-state index contributed by atoms with van der Waals surface area (Å²) in [7, 11) is -2.12. The zero-order valence-corrected chi connectivity index (χ0v) is 25.4. The van der Waals surface area contributed by atoms with Gasteiger partial charge in [-0.2, -0.15) is 0 Å². The summed E-state index contributed by atoms with van der Waals surface area (Å²) in [6, 6.07) is 21.1. The third kappa shape index (κ3) is 9.58. The molecule has 42 heavy (non-hydrogen) atoms. The van der Waals surface area contributed by atoms with Gasteiger partial charge >= 0.3 is 0 Å². The number of nitrogens with zero attached hydrogens (tertiary/aromatic N) is 2. The highest BCUT2D eigenvalue weighted by molar-refractivity contribution is 7.92. The van der Waals surface area contributed by atoms with Crippen LogP contribution < -0.4 is 14.4 Å². The molecule has 2 atom stereocenters. The number of hydrogen-bond donors (Lipinski definition) is 1. The van der Waals surface area contributed by atoms with E-state index in [0.29, 0.717) is 17.9 Å². The van der Waals surface area contributed by atoms with E-state index in [1.165, 1.54) is 24.3 Å². The van der Waals surface area contributed by atoms with E-state index in [0.717, 1.165) is 28.1 Å². The smallest absolute Gasteiger partial charge is 0.243 e. The Balaban J connectivity index is 1.90. The molecule has 2 amide bonds. The van der Waals surface area contributed by atoms with Crippen molar-refractivity contribution >= 4 is 27.5 Å². The van der Waals surface area contributed by atoms with Crippen molar-refractivity contribution in [2.75, 3.05) is 24.2 Å². The molecule has 0 saturated carbocycles. The number of carbonyl (C=O) groups excluding carboxylic acids is 2. The van der Waals surface area contributed by atoms with Crippen molar-refractivity contribution in [1.29, 1.82) is 0 Å². The summed E-state index contributed by atoms with van der Waals surface area (Å²) in [6.07, 6.45) is 2.31. The minimum atomic E-state index is -3.68. The van der Waals surface area contributed by atoms with Gasteiger partial charge in [0.25, 0.3) is 0 Å². The van der Waals surface area contributed by atoms with E-state index in [2.05, 4.69) is 5.32 Å². The minimum Gasteiger partial charge on any atom is -0.497 e. The topological polar surface area (TPSA) is 96.0 Å². The van der Waals surface area contributed by atoms with Crippen LogP contribution in [0.3, 0.4) is 0 Å². The molecule has 226 valence electrons. The molecule has 3 rings (SSSR count). The first-order chi connectivity index (χ1) is 20.0. The molecule has 8 nitrogen and oxygen atoms in total. The van der Waals surface area contributed by atoms with Crippen LogP contribution >= 0.6 is 0 Å². The van der Waals surface area contributed by atoms with Gasteiger partial charge in [-0.1, -0.05) is 49.4 Å². The second-order valence-corrected chi connectivity index (χ2v) is 12.2. The van der Waals surface area contributed by atoms with Crippen molar-refractivity contribution in [2.45, 2.75) is 58.2 Å². The molecule has 10 heteroatoms. The van der Waals surface area contributed by atoms with E-state index in [1.807, 2.05) is 68.4 Å². The summed E-state index contributed by atoms with van der Waals surface area (Å²) in [5.74, 6) is -0.388. The average molecular weight is 598 g/mol. The number of halogens is 1. The molecule has 0 heterocycles. The van der Waals surface area contributed by atoms with Gasteiger partial charge in [0.1, 0.15) is 17.6 Å². The van der Waals surface area contributed by atoms with Crippen LogP contribution in [-0.2, 0) is 32.6 Å². The number of anilines is 1. The Morgan fingerprint density at radius 2 is 1.64 bits per heavy atom. The SMILES string of the molecule is CC[C@H](C)NC(=O)[C@H](Cc1ccccc1)N(Cc1cccc(OC)c1)C(=O)CCCN(c1ccc(F)cc1)S(C)(=O)=O. The Morgan fingerprint density at radius 1 is 0.976 bits per heavy atom. The first kappa shape index (κ1) is 32.6. The Bertz CT molecular complexity index is 1420. The summed E-state index contributed by atoms with van der Waals surface area (Å²) in [6.45, 7) is 4.08. The van der Waals surface area contributed by atoms with Crippen molar-refractivity contribution in [3.05, 3.63) is 95.8 Å². The number of nitrogens with one attached hydrogen (secondary N) is 1. The van der Waals surface area contributed by atoms with Gasteiger partial charge in [0.2, 0.25) is 21.8 Å². The van der Waals surface area contributed by atoms with Crippen molar-refractivity contribution in [3.8, 4) is 5.75 Å². The second-order valence-electron chi connectivity index (χ2n) is 10.3. The van der Waals surface area contributed by atoms with Gasteiger partial charge in [0.05, 0.1) is 19.1 Å². The third-order valence-electron chi connectivity index (χ3n) is 7.03. The lowest BCUT2D eigenvalue weighted by Gasteiger charge is -2.33. The first-order valence-electron chi connectivity index (χ1n) is 14.0. The number of methoxy groups -OCH3 is 1. The van der Waals surface area contributed by atoms with E-state index in [-0.39, 0.29) is 43.8 Å². The number of benzene rings is 3. The van der Waals surface area contributed by atoms with Crippen molar-refractivity contribution in [1.82, 2.24) is 10.2 Å². The zero-order valence-electron chi connectivity index (χ0n) is 24.6. The largest absolute Gasteiger partial charge is 0.497 e. The number of hydrogen-bond acceptors (Lipinski definition) is 5. The van der Waals surface area contributed by atoms with E-state index < -0.39 is 21.9 Å². The molecule has 0 unspecified atom stereocenters. The lowest BCUT2D eigenvalue weighted by atomic mass is 10.0. The van der Waals surface area contributed by atoms with Crippen LogP contribution in [0.5, 0.6) is 5.75 Å². The molecular weight excluding hydrogens is 557 g/mol. The van der Waals surface area contributed by atoms with E-state index in [1.54, 1.807) is 12.0 Å². The molecule has 3 aromatic rings. The average Bonchev–Trinajstić information content (AvgIpc) is 2.97. The highest BCUT2D eigenvalue weighted by Crippen LogP contribution is 2.22. The molecule has 0 aliphatic heterocycles. The predicted molar refractivity (Wildman–Crippen MR) is 163 cm³/mol. The van der Waals surface area contributed by atoms with Crippen molar-refractivity contribution < 1.29 is 27.1 Å². The van der Waals surface area contributed by atoms with Gasteiger partial charge in [0.15, 0.2) is 0 Å². The summed E-state index contributed by atoms with van der Waals surface area (Å²) >= 11 is 0. The van der Waals surface area contributed by atoms with Gasteiger partial charge < -0.3 is 15.0 Å². The molecule has 0 bridgehead atoms. The second kappa shape index (κ2) is 15.3. The predicted octanol–water partition coefficient (Wildman–Crippen LogP) is 4.94. The fourth-order valence-corrected chi connectivity index (χ4v) is 5.54. The van der Waals surface area contributed by atoms with Crippen LogP contribution in [0.25, 0.3) is 0 Å². The number of sulfonamides is 1. The molecule has 0 spiro atoms. The fourth-order valence-electron chi connectivity index (χ4n) is 4.57. The zero-order chi connectivity index (χ0) is 30.7. The first-order valence-corrected chi connectivity index (χ1v) is 15.9. The number of rotatable bonds is 15. The van der Waals surface area contributed by atoms with E-state index in [9.17, 15) is 22.4 Å². The van der Waals surface area contributed by atoms with E-state index in [4.69, 9.17) is 4.74 Å². The lowest BCUT2D eigenvalue weighted by Crippen LogP contribution is -2.52. The van der Waals surface area contributed by atoms with Crippen molar-refractivity contribution in [2.24, 2.45) is 0 Å². The Labute approximate surface area is 248 Å². The quantitative estimate of drug-likeness (QED) is 0.268. The molecule has 1 N–H and O–H groups in total. The monoisotopic (exact) mass is 597 g/mol. The fraction of sp³-hybridized carbons (Fsp3) is 0.375. The maximum absolute atomic E-state index is 13.9. The molecule has 0 aliphatic carbocycles. The highest BCUT2D eigenvalue weighted by Gasteiger charge is 2.31. The van der Waals surface area contributed by atoms with Gasteiger partial charge in [-0.05, 0) is 67.3 Å². The standard InChI is InChI=1S/C32H40FN3O5S/c1-5-24(2)34-32(38)30(22-25-11-7-6-8-12-25)35(23-26-13-9-14-29(21-26)41-3)31(37)15-10-20-36(42(4,39)40)28-18-16-27(33)17-19-28/h6-9,11-14,16-19,21,24,30H,5,10,15,20,22-23H2,1-4H3,(H,34,38)/t24-,30-/m0/s1. The highest BCUT2D eigenvalue weighted by atomic mass is 32.2. The maximum atomic E-state index is 13.9. The Morgan fingerprint density at radius 3 is 2.26 bits per heavy atom. The Hall–Kier alpha value is -3.92. The van der Waals surface area contributed by atoms with Crippen LogP contribution in [0.1, 0.15) is 44.2 Å². The Kier molecular flexibility index (Phi) is 11.9. The summed E-state index contributed by atoms with van der Waals surface area (Å²) in [5.41, 5.74) is 2.01. The lowest BCUT2D eigenvalue weighted by molar-refractivity contribution is -0.141. The normalized spacial score (nSPS) is 12.7. The number of ether oxygens (including phenoxy) is 1. The van der Waals surface area contributed by atoms with Crippen LogP contribution in [0.15, 0.2) is 78.9 Å². The molecule has 0 aliphatic rings. The minimum absolute atomic E-state index is 0.000909. The molecule has 0 fully saturated rings. The van der Waals surface area contributed by atoms with Crippen LogP contribution in [0, 0.1) is 5.82 Å². The molecular formula is C32H40FN3O5S. The maximum Gasteiger partial charge on any atom is 0.243 e. The van der Waals surface area contributed by atoms with Crippen LogP contribution in [-0.4, -0.2) is 57.1 Å². The summed E-state index contributed by atoms with van der Waals surface area (Å²) < 4.78 is 45.1. The van der Waals surface area contributed by atoms with Gasteiger partial charge in [-0.25, -0.2) is 12.8 Å². The summed E-state index contributed by atoms with van der Waals surface area (Å²) in [4.78, 5) is 29.1. The van der Waals surface area contributed by atoms with Gasteiger partial charge in [0, 0.05) is 32.0 Å². The third-order valence-corrected chi connectivity index (χ3v) is 8.22. The summed E-state index contributed by atoms with van der Waals surface area (Å²) in [5, 5.41) is 3.04. The molecule has 3 aromatic carbocycles. The molecule has 0 radical (unpaired) electrons. The molecule has 0 saturated heterocycles. The molecule has 0 aromatic heterocycles. The van der Waals surface area contributed by atoms with Gasteiger partial charge in [-0.15, -0.1) is 0 Å². The van der Waals surface area contributed by atoms with E-state index >= 15 is 0 Å². The van der Waals surface area contributed by atoms with Crippen LogP contribution in [0.4, 0.5) is 10.1 Å². The van der Waals surface area contributed by atoms with Gasteiger partial charge in [-0.3, -0.25) is 13.9 Å². The number of carbonyl (C=O) groups is 2.